The van der Waals surface area contributed by atoms with Crippen LogP contribution in [-0.2, 0) is 43.4 Å². The number of rotatable bonds is 12. The Labute approximate surface area is 182 Å². The van der Waals surface area contributed by atoms with Gasteiger partial charge in [0.2, 0.25) is 0 Å². The van der Waals surface area contributed by atoms with E-state index in [0.29, 0.717) is 6.42 Å². The van der Waals surface area contributed by atoms with E-state index in [1.165, 1.54) is 13.8 Å². The van der Waals surface area contributed by atoms with Crippen LogP contribution in [0.3, 0.4) is 0 Å². The number of carbonyl (C=O) groups is 3. The molecule has 0 bridgehead atoms. The highest BCUT2D eigenvalue weighted by Gasteiger charge is 2.48. The van der Waals surface area contributed by atoms with E-state index in [0.717, 1.165) is 0 Å². The van der Waals surface area contributed by atoms with Crippen molar-refractivity contribution < 1.29 is 46.3 Å². The monoisotopic (exact) mass is 467 g/mol. The zero-order valence-corrected chi connectivity index (χ0v) is 19.1. The van der Waals surface area contributed by atoms with E-state index >= 15 is 0 Å². The van der Waals surface area contributed by atoms with Gasteiger partial charge in [0, 0.05) is 26.2 Å². The minimum Gasteiger partial charge on any atom is -0.458 e. The first kappa shape index (κ1) is 27.4. The van der Waals surface area contributed by atoms with Gasteiger partial charge in [-0.15, -0.1) is 0 Å². The standard InChI is InChI=1S/C19H33NO10S/c1-5-16-11(2)17(28-12(3)21)18(29-13(4)22)19(30-16)27-10-14(20)15(23)8-6-7-9-31(24,25)26/h11,14,16-19H,5-10,20H2,1-4H3,(H,24,25,26)/t11-,14+,16-,17+,18-,19-/m1/s1. The Balaban J connectivity index is 2.76. The quantitative estimate of drug-likeness (QED) is 0.234. The van der Waals surface area contributed by atoms with Crippen molar-refractivity contribution in [3.63, 3.8) is 0 Å². The molecule has 0 saturated carbocycles. The van der Waals surface area contributed by atoms with Gasteiger partial charge in [-0.05, 0) is 19.3 Å². The zero-order chi connectivity index (χ0) is 23.8. The van der Waals surface area contributed by atoms with Crippen LogP contribution < -0.4 is 5.73 Å². The van der Waals surface area contributed by atoms with E-state index in [1.807, 2.05) is 13.8 Å². The van der Waals surface area contributed by atoms with E-state index in [4.69, 9.17) is 29.2 Å². The second-order valence-corrected chi connectivity index (χ2v) is 9.18. The highest BCUT2D eigenvalue weighted by atomic mass is 32.2. The molecule has 1 aliphatic rings. The molecule has 0 unspecified atom stereocenters. The molecule has 0 aromatic heterocycles. The lowest BCUT2D eigenvalue weighted by atomic mass is 9.89. The van der Waals surface area contributed by atoms with Crippen LogP contribution in [0.4, 0.5) is 0 Å². The Bertz CT molecular complexity index is 725. The molecule has 0 amide bonds. The van der Waals surface area contributed by atoms with Crippen LogP contribution in [0.5, 0.6) is 0 Å². The molecular formula is C19H33NO10S. The zero-order valence-electron chi connectivity index (χ0n) is 18.3. The predicted octanol–water partition coefficient (Wildman–Crippen LogP) is 0.592. The predicted molar refractivity (Wildman–Crippen MR) is 108 cm³/mol. The Kier molecular flexibility index (Phi) is 11.0. The summed E-state index contributed by atoms with van der Waals surface area (Å²) in [6, 6.07) is -1.01. The summed E-state index contributed by atoms with van der Waals surface area (Å²) in [5.74, 6) is -2.20. The first-order chi connectivity index (χ1) is 14.4. The second kappa shape index (κ2) is 12.4. The van der Waals surface area contributed by atoms with Crippen LogP contribution in [-0.4, -0.2) is 73.7 Å². The lowest BCUT2D eigenvalue weighted by Crippen LogP contribution is -2.57. The lowest BCUT2D eigenvalue weighted by molar-refractivity contribution is -0.290. The van der Waals surface area contributed by atoms with Crippen LogP contribution in [0.15, 0.2) is 0 Å². The number of nitrogens with two attached hydrogens (primary N) is 1. The molecule has 6 atom stereocenters. The molecule has 0 aliphatic carbocycles. The van der Waals surface area contributed by atoms with Gasteiger partial charge in [0.1, 0.15) is 6.10 Å². The van der Waals surface area contributed by atoms with Crippen LogP contribution in [0, 0.1) is 5.92 Å². The molecule has 0 radical (unpaired) electrons. The third-order valence-corrected chi connectivity index (χ3v) is 5.75. The van der Waals surface area contributed by atoms with Crippen molar-refractivity contribution >= 4 is 27.8 Å². The molecule has 3 N–H and O–H groups in total. The summed E-state index contributed by atoms with van der Waals surface area (Å²) in [5, 5.41) is 0. The summed E-state index contributed by atoms with van der Waals surface area (Å²) in [4.78, 5) is 35.3. The lowest BCUT2D eigenvalue weighted by Gasteiger charge is -2.44. The minimum absolute atomic E-state index is 0.0175. The number of unbranched alkanes of at least 4 members (excludes halogenated alkanes) is 1. The Morgan fingerprint density at radius 2 is 1.68 bits per heavy atom. The van der Waals surface area contributed by atoms with Crippen LogP contribution in [0.2, 0.25) is 0 Å². The molecule has 1 rings (SSSR count). The van der Waals surface area contributed by atoms with Gasteiger partial charge in [0.15, 0.2) is 18.2 Å². The fourth-order valence-electron chi connectivity index (χ4n) is 3.38. The van der Waals surface area contributed by atoms with Crippen molar-refractivity contribution in [3.8, 4) is 0 Å². The minimum atomic E-state index is -4.07. The largest absolute Gasteiger partial charge is 0.458 e. The number of hydrogen-bond donors (Lipinski definition) is 2. The smallest absolute Gasteiger partial charge is 0.303 e. The molecule has 1 saturated heterocycles. The van der Waals surface area contributed by atoms with Crippen molar-refractivity contribution in [2.75, 3.05) is 12.4 Å². The fraction of sp³-hybridized carbons (Fsp3) is 0.842. The molecule has 12 heteroatoms. The summed E-state index contributed by atoms with van der Waals surface area (Å²) >= 11 is 0. The topological polar surface area (TPSA) is 169 Å². The maximum Gasteiger partial charge on any atom is 0.303 e. The Morgan fingerprint density at radius 1 is 1.10 bits per heavy atom. The number of Topliss-reactive ketones (excluding diaryl/α,β-unsaturated/α-hetero) is 1. The van der Waals surface area contributed by atoms with Gasteiger partial charge in [-0.25, -0.2) is 0 Å². The van der Waals surface area contributed by atoms with Gasteiger partial charge in [0.05, 0.1) is 24.5 Å². The Hall–Kier alpha value is -1.60. The fourth-order valence-corrected chi connectivity index (χ4v) is 3.95. The molecule has 11 nitrogen and oxygen atoms in total. The molecule has 1 aliphatic heterocycles. The van der Waals surface area contributed by atoms with E-state index in [-0.39, 0.29) is 43.7 Å². The number of esters is 2. The number of ether oxygens (including phenoxy) is 4. The highest BCUT2D eigenvalue weighted by Crippen LogP contribution is 2.32. The number of hydrogen-bond acceptors (Lipinski definition) is 10. The molecule has 31 heavy (non-hydrogen) atoms. The van der Waals surface area contributed by atoms with Crippen molar-refractivity contribution in [1.82, 2.24) is 0 Å². The van der Waals surface area contributed by atoms with Crippen LogP contribution >= 0.6 is 0 Å². The molecule has 1 fully saturated rings. The van der Waals surface area contributed by atoms with Gasteiger partial charge in [0.25, 0.3) is 10.1 Å². The Morgan fingerprint density at radius 3 is 2.19 bits per heavy atom. The van der Waals surface area contributed by atoms with E-state index in [2.05, 4.69) is 0 Å². The van der Waals surface area contributed by atoms with E-state index in [9.17, 15) is 22.8 Å². The molecule has 1 heterocycles. The molecular weight excluding hydrogens is 434 g/mol. The summed E-state index contributed by atoms with van der Waals surface area (Å²) < 4.78 is 52.4. The maximum absolute atomic E-state index is 12.2. The van der Waals surface area contributed by atoms with Crippen molar-refractivity contribution in [2.24, 2.45) is 11.7 Å². The van der Waals surface area contributed by atoms with Gasteiger partial charge in [-0.3, -0.25) is 18.9 Å². The number of carbonyl (C=O) groups excluding carboxylic acids is 3. The van der Waals surface area contributed by atoms with Gasteiger partial charge < -0.3 is 24.7 Å². The van der Waals surface area contributed by atoms with Gasteiger partial charge in [-0.2, -0.15) is 8.42 Å². The first-order valence-corrected chi connectivity index (χ1v) is 11.8. The average molecular weight is 468 g/mol. The van der Waals surface area contributed by atoms with Crippen molar-refractivity contribution in [3.05, 3.63) is 0 Å². The molecule has 0 aromatic rings. The highest BCUT2D eigenvalue weighted by molar-refractivity contribution is 7.85. The summed E-state index contributed by atoms with van der Waals surface area (Å²) in [6.07, 6.45) is -2.28. The average Bonchev–Trinajstić information content (AvgIpc) is 2.65. The van der Waals surface area contributed by atoms with E-state index < -0.39 is 52.3 Å². The molecule has 0 spiro atoms. The third-order valence-electron chi connectivity index (χ3n) is 4.94. The second-order valence-electron chi connectivity index (χ2n) is 7.61. The van der Waals surface area contributed by atoms with Gasteiger partial charge >= 0.3 is 11.9 Å². The normalized spacial score (nSPS) is 27.4. The first-order valence-electron chi connectivity index (χ1n) is 10.2. The maximum atomic E-state index is 12.2. The van der Waals surface area contributed by atoms with Crippen LogP contribution in [0.25, 0.3) is 0 Å². The third kappa shape index (κ3) is 9.60. The van der Waals surface area contributed by atoms with Crippen LogP contribution in [0.1, 0.15) is 53.4 Å². The SMILES string of the molecule is CC[C@H]1O[C@@H](OC[C@H](N)C(=O)CCCCS(=O)(=O)O)[C@H](OC(C)=O)[C@@H](OC(C)=O)[C@@H]1C. The van der Waals surface area contributed by atoms with Crippen molar-refractivity contribution in [2.45, 2.75) is 84.0 Å². The summed E-state index contributed by atoms with van der Waals surface area (Å²) in [7, 11) is -4.07. The van der Waals surface area contributed by atoms with Crippen molar-refractivity contribution in [1.29, 1.82) is 0 Å². The van der Waals surface area contributed by atoms with Gasteiger partial charge in [-0.1, -0.05) is 13.8 Å². The number of ketones is 1. The summed E-state index contributed by atoms with van der Waals surface area (Å²) in [6.45, 7) is 5.92. The van der Waals surface area contributed by atoms with E-state index in [1.54, 1.807) is 0 Å². The summed E-state index contributed by atoms with van der Waals surface area (Å²) in [5.41, 5.74) is 5.87. The molecule has 0 aromatic carbocycles. The molecule has 180 valence electrons.